The molecule has 2 aromatic rings. The lowest BCUT2D eigenvalue weighted by Crippen LogP contribution is -2.41. The van der Waals surface area contributed by atoms with Crippen LogP contribution >= 0.6 is 15.9 Å². The van der Waals surface area contributed by atoms with Crippen molar-refractivity contribution in [3.05, 3.63) is 37.4 Å². The van der Waals surface area contributed by atoms with E-state index in [1.807, 2.05) is 0 Å². The average Bonchev–Trinajstić information content (AvgIpc) is 2.40. The summed E-state index contributed by atoms with van der Waals surface area (Å²) >= 11 is 3.27. The van der Waals surface area contributed by atoms with Crippen LogP contribution in [0.5, 0.6) is 0 Å². The standard InChI is InChI=1S/C13H8BrN3O2/c1-3-5-16-10-7-9(14)8-15-11(10)17(6-4-2)13(19)12(16)18/h1-2,7-8H,5-6H2. The fourth-order valence-corrected chi connectivity index (χ4v) is 2.07. The Bertz CT molecular complexity index is 850. The van der Waals surface area contributed by atoms with Crippen molar-refractivity contribution in [1.82, 2.24) is 14.1 Å². The van der Waals surface area contributed by atoms with Gasteiger partial charge >= 0.3 is 11.1 Å². The van der Waals surface area contributed by atoms with E-state index >= 15 is 0 Å². The van der Waals surface area contributed by atoms with Gasteiger partial charge in [0.05, 0.1) is 18.6 Å². The molecule has 19 heavy (non-hydrogen) atoms. The normalized spacial score (nSPS) is 10.1. The van der Waals surface area contributed by atoms with Gasteiger partial charge in [0.15, 0.2) is 5.65 Å². The number of aromatic nitrogens is 3. The molecule has 0 fully saturated rings. The predicted octanol–water partition coefficient (Wildman–Crippen LogP) is 0.587. The first kappa shape index (κ1) is 13.1. The van der Waals surface area contributed by atoms with Crippen molar-refractivity contribution >= 4 is 27.1 Å². The van der Waals surface area contributed by atoms with Crippen LogP contribution in [-0.2, 0) is 13.1 Å². The molecule has 0 radical (unpaired) electrons. The van der Waals surface area contributed by atoms with Crippen LogP contribution in [0.25, 0.3) is 11.2 Å². The summed E-state index contributed by atoms with van der Waals surface area (Å²) in [6.45, 7) is -0.0182. The Hall–Kier alpha value is -2.31. The van der Waals surface area contributed by atoms with Gasteiger partial charge in [-0.25, -0.2) is 4.98 Å². The van der Waals surface area contributed by atoms with Crippen LogP contribution in [0.1, 0.15) is 0 Å². The van der Waals surface area contributed by atoms with E-state index in [9.17, 15) is 9.59 Å². The highest BCUT2D eigenvalue weighted by Gasteiger charge is 2.13. The quantitative estimate of drug-likeness (QED) is 0.601. The van der Waals surface area contributed by atoms with Gasteiger partial charge in [-0.1, -0.05) is 11.8 Å². The van der Waals surface area contributed by atoms with Gasteiger partial charge in [0.1, 0.15) is 0 Å². The smallest absolute Gasteiger partial charge is 0.289 e. The monoisotopic (exact) mass is 317 g/mol. The number of hydrogen-bond acceptors (Lipinski definition) is 3. The van der Waals surface area contributed by atoms with Crippen LogP contribution in [-0.4, -0.2) is 14.1 Å². The topological polar surface area (TPSA) is 56.9 Å². The lowest BCUT2D eigenvalue weighted by Gasteiger charge is -2.11. The van der Waals surface area contributed by atoms with Gasteiger partial charge < -0.3 is 0 Å². The zero-order valence-corrected chi connectivity index (χ0v) is 11.3. The summed E-state index contributed by atoms with van der Waals surface area (Å²) < 4.78 is 3.05. The molecule has 5 nitrogen and oxygen atoms in total. The molecule has 2 aromatic heterocycles. The molecule has 0 saturated carbocycles. The second kappa shape index (κ2) is 5.13. The predicted molar refractivity (Wildman–Crippen MR) is 75.6 cm³/mol. The van der Waals surface area contributed by atoms with Gasteiger partial charge in [0, 0.05) is 10.7 Å². The molecular weight excluding hydrogens is 310 g/mol. The molecule has 2 heterocycles. The highest BCUT2D eigenvalue weighted by atomic mass is 79.9. The molecule has 0 aliphatic carbocycles. The van der Waals surface area contributed by atoms with E-state index in [4.69, 9.17) is 12.8 Å². The van der Waals surface area contributed by atoms with Gasteiger partial charge in [-0.2, -0.15) is 0 Å². The molecule has 0 unspecified atom stereocenters. The van der Waals surface area contributed by atoms with Crippen LogP contribution < -0.4 is 11.1 Å². The summed E-state index contributed by atoms with van der Waals surface area (Å²) in [6, 6.07) is 1.67. The lowest BCUT2D eigenvalue weighted by molar-refractivity contribution is 0.734. The molecular formula is C13H8BrN3O2. The van der Waals surface area contributed by atoms with Crippen molar-refractivity contribution in [1.29, 1.82) is 0 Å². The van der Waals surface area contributed by atoms with Crippen LogP contribution in [0, 0.1) is 24.7 Å². The van der Waals surface area contributed by atoms with Gasteiger partial charge in [0.2, 0.25) is 0 Å². The Balaban J connectivity index is 3.02. The molecule has 2 rings (SSSR count). The highest BCUT2D eigenvalue weighted by Crippen LogP contribution is 2.15. The molecule has 0 spiro atoms. The van der Waals surface area contributed by atoms with Crippen molar-refractivity contribution in [2.24, 2.45) is 0 Å². The first-order valence-corrected chi connectivity index (χ1v) is 6.05. The van der Waals surface area contributed by atoms with E-state index in [-0.39, 0.29) is 13.1 Å². The third-order valence-corrected chi connectivity index (χ3v) is 2.97. The maximum atomic E-state index is 12.0. The molecule has 0 atom stereocenters. The number of fused-ring (bicyclic) bond motifs is 1. The number of terminal acetylenes is 2. The summed E-state index contributed by atoms with van der Waals surface area (Å²) in [5.41, 5.74) is -0.635. The van der Waals surface area contributed by atoms with Crippen molar-refractivity contribution in [2.45, 2.75) is 13.1 Å². The van der Waals surface area contributed by atoms with Gasteiger partial charge in [-0.3, -0.25) is 18.7 Å². The molecule has 0 bridgehead atoms. The first-order valence-electron chi connectivity index (χ1n) is 5.26. The summed E-state index contributed by atoms with van der Waals surface area (Å²) in [6.07, 6.45) is 12.0. The summed E-state index contributed by atoms with van der Waals surface area (Å²) in [5, 5.41) is 0. The van der Waals surface area contributed by atoms with E-state index in [1.165, 1.54) is 10.8 Å². The summed E-state index contributed by atoms with van der Waals surface area (Å²) in [4.78, 5) is 28.1. The number of pyridine rings is 1. The van der Waals surface area contributed by atoms with Crippen molar-refractivity contribution in [3.63, 3.8) is 0 Å². The SMILES string of the molecule is C#CCn1c(=O)c(=O)n(CC#C)c2ncc(Br)cc21. The number of rotatable bonds is 2. The molecule has 6 heteroatoms. The van der Waals surface area contributed by atoms with Crippen LogP contribution in [0.3, 0.4) is 0 Å². The fraction of sp³-hybridized carbons (Fsp3) is 0.154. The second-order valence-corrected chi connectivity index (χ2v) is 4.60. The minimum atomic E-state index is -0.726. The van der Waals surface area contributed by atoms with E-state index in [0.29, 0.717) is 15.6 Å². The minimum Gasteiger partial charge on any atom is -0.289 e. The third-order valence-electron chi connectivity index (χ3n) is 2.53. The van der Waals surface area contributed by atoms with E-state index in [2.05, 4.69) is 32.8 Å². The molecule has 0 amide bonds. The van der Waals surface area contributed by atoms with Crippen molar-refractivity contribution in [3.8, 4) is 24.7 Å². The first-order chi connectivity index (χ1) is 9.10. The molecule has 0 N–H and O–H groups in total. The fourth-order valence-electron chi connectivity index (χ4n) is 1.75. The largest absolute Gasteiger partial charge is 0.319 e. The lowest BCUT2D eigenvalue weighted by atomic mass is 10.3. The van der Waals surface area contributed by atoms with Crippen LogP contribution in [0.4, 0.5) is 0 Å². The van der Waals surface area contributed by atoms with Gasteiger partial charge in [-0.15, -0.1) is 12.8 Å². The molecule has 0 aliphatic rings. The second-order valence-electron chi connectivity index (χ2n) is 3.69. The zero-order chi connectivity index (χ0) is 14.0. The Kier molecular flexibility index (Phi) is 3.55. The molecule has 0 aliphatic heterocycles. The molecule has 0 saturated heterocycles. The maximum absolute atomic E-state index is 12.0. The third kappa shape index (κ3) is 2.18. The van der Waals surface area contributed by atoms with E-state index < -0.39 is 11.1 Å². The zero-order valence-electron chi connectivity index (χ0n) is 9.76. The minimum absolute atomic E-state index is 0.000397. The number of hydrogen-bond donors (Lipinski definition) is 0. The Morgan fingerprint density at radius 1 is 1.16 bits per heavy atom. The number of halogens is 1. The van der Waals surface area contributed by atoms with E-state index in [1.54, 1.807) is 6.07 Å². The maximum Gasteiger partial charge on any atom is 0.319 e. The average molecular weight is 318 g/mol. The van der Waals surface area contributed by atoms with Gasteiger partial charge in [-0.05, 0) is 22.0 Å². The summed E-state index contributed by atoms with van der Waals surface area (Å²) in [7, 11) is 0. The van der Waals surface area contributed by atoms with Crippen molar-refractivity contribution < 1.29 is 0 Å². The molecule has 0 aromatic carbocycles. The highest BCUT2D eigenvalue weighted by molar-refractivity contribution is 9.10. The van der Waals surface area contributed by atoms with E-state index in [0.717, 1.165) is 4.57 Å². The van der Waals surface area contributed by atoms with Gasteiger partial charge in [0.25, 0.3) is 0 Å². The van der Waals surface area contributed by atoms with Crippen LogP contribution in [0.15, 0.2) is 26.3 Å². The Labute approximate surface area is 117 Å². The van der Waals surface area contributed by atoms with Crippen LogP contribution in [0.2, 0.25) is 0 Å². The van der Waals surface area contributed by atoms with Crippen molar-refractivity contribution in [2.75, 3.05) is 0 Å². The molecule has 94 valence electrons. The Morgan fingerprint density at radius 2 is 1.74 bits per heavy atom. The Morgan fingerprint density at radius 3 is 2.37 bits per heavy atom. The summed E-state index contributed by atoms with van der Waals surface area (Å²) in [5.74, 6) is 4.68. The number of nitrogens with zero attached hydrogens (tertiary/aromatic N) is 3.